The predicted molar refractivity (Wildman–Crippen MR) is 97.2 cm³/mol. The van der Waals surface area contributed by atoms with Crippen molar-refractivity contribution >= 4 is 5.91 Å². The van der Waals surface area contributed by atoms with Crippen LogP contribution < -0.4 is 10.1 Å². The van der Waals surface area contributed by atoms with Crippen LogP contribution >= 0.6 is 0 Å². The van der Waals surface area contributed by atoms with Gasteiger partial charge in [0.1, 0.15) is 17.8 Å². The van der Waals surface area contributed by atoms with Crippen LogP contribution in [0.5, 0.6) is 5.75 Å². The molecule has 4 nitrogen and oxygen atoms in total. The average Bonchev–Trinajstić information content (AvgIpc) is 3.14. The normalized spacial score (nSPS) is 43.2. The number of aryl methyl sites for hydroxylation is 1. The van der Waals surface area contributed by atoms with Crippen LogP contribution in [-0.4, -0.2) is 18.1 Å². The van der Waals surface area contributed by atoms with Gasteiger partial charge in [0.25, 0.3) is 0 Å². The molecule has 0 bridgehead atoms. The number of amides is 1. The Morgan fingerprint density at radius 2 is 1.81 bits per heavy atom. The van der Waals surface area contributed by atoms with Gasteiger partial charge < -0.3 is 10.1 Å². The van der Waals surface area contributed by atoms with E-state index in [1.807, 2.05) is 0 Å². The highest BCUT2D eigenvalue weighted by Gasteiger charge is 2.63. The van der Waals surface area contributed by atoms with Gasteiger partial charge in [-0.3, -0.25) is 4.79 Å². The number of ether oxygens (including phenoxy) is 1. The number of fused-ring (bicyclic) bond motifs is 3. The highest BCUT2D eigenvalue weighted by molar-refractivity contribution is 5.84. The van der Waals surface area contributed by atoms with Crippen LogP contribution in [0, 0.1) is 53.8 Å². The molecule has 136 valence electrons. The minimum atomic E-state index is -0.439. The van der Waals surface area contributed by atoms with E-state index in [0.717, 1.165) is 18.6 Å². The maximum absolute atomic E-state index is 12.2. The Balaban J connectivity index is 1.41. The van der Waals surface area contributed by atoms with Crippen molar-refractivity contribution in [3.05, 3.63) is 29.8 Å². The van der Waals surface area contributed by atoms with Crippen molar-refractivity contribution in [1.82, 2.24) is 5.32 Å². The van der Waals surface area contributed by atoms with Crippen molar-refractivity contribution in [2.75, 3.05) is 0 Å². The Labute approximate surface area is 154 Å². The molecule has 26 heavy (non-hydrogen) atoms. The van der Waals surface area contributed by atoms with Gasteiger partial charge in [-0.1, -0.05) is 24.1 Å². The predicted octanol–water partition coefficient (Wildman–Crippen LogP) is 3.45. The lowest BCUT2D eigenvalue weighted by molar-refractivity contribution is -0.122. The molecule has 0 radical (unpaired) electrons. The van der Waals surface area contributed by atoms with Crippen LogP contribution in [0.2, 0.25) is 0 Å². The number of nitrogens with one attached hydrogen (secondary N) is 1. The lowest BCUT2D eigenvalue weighted by Crippen LogP contribution is -2.47. The first-order chi connectivity index (χ1) is 12.7. The Hall–Kier alpha value is -2.02. The van der Waals surface area contributed by atoms with Crippen molar-refractivity contribution in [1.29, 1.82) is 5.26 Å². The van der Waals surface area contributed by atoms with Crippen LogP contribution in [0.25, 0.3) is 0 Å². The summed E-state index contributed by atoms with van der Waals surface area (Å²) >= 11 is 0. The van der Waals surface area contributed by atoms with Gasteiger partial charge in [0.05, 0.1) is 6.07 Å². The number of hydrogen-bond acceptors (Lipinski definition) is 3. The number of nitriles is 1. The third-order valence-corrected chi connectivity index (χ3v) is 7.61. The quantitative estimate of drug-likeness (QED) is 0.888. The number of rotatable bonds is 2. The second kappa shape index (κ2) is 6.01. The molecule has 0 aromatic heterocycles. The average molecular weight is 350 g/mol. The minimum absolute atomic E-state index is 0.0268. The number of hydrogen-bond donors (Lipinski definition) is 1. The topological polar surface area (TPSA) is 62.1 Å². The fraction of sp³-hybridized carbons (Fsp3) is 0.636. The standard InChI is InChI=1S/C22H26N2O2/c1-12-5-7-13(8-6-12)26-18-10-9-16-19-14(18)3-2-4-15(19)20-17(11-23)22(25)24-21(16)20/h5-8,14-21H,2-4,9-10H2,1H3,(H,24,25). The number of carbonyl (C=O) groups is 1. The maximum atomic E-state index is 12.2. The van der Waals surface area contributed by atoms with Gasteiger partial charge in [-0.2, -0.15) is 5.26 Å². The third-order valence-electron chi connectivity index (χ3n) is 7.61. The summed E-state index contributed by atoms with van der Waals surface area (Å²) in [5.41, 5.74) is 1.25. The maximum Gasteiger partial charge on any atom is 0.237 e. The molecule has 1 heterocycles. The summed E-state index contributed by atoms with van der Waals surface area (Å²) in [6.45, 7) is 2.10. The first-order valence-corrected chi connectivity index (χ1v) is 10.1. The van der Waals surface area contributed by atoms with E-state index in [1.54, 1.807) is 0 Å². The van der Waals surface area contributed by atoms with E-state index in [0.29, 0.717) is 23.7 Å². The van der Waals surface area contributed by atoms with Crippen molar-refractivity contribution in [2.24, 2.45) is 35.5 Å². The van der Waals surface area contributed by atoms with Crippen LogP contribution in [-0.2, 0) is 4.79 Å². The molecule has 0 spiro atoms. The zero-order valence-electron chi connectivity index (χ0n) is 15.2. The number of benzene rings is 1. The number of carbonyl (C=O) groups excluding carboxylic acids is 1. The highest BCUT2D eigenvalue weighted by Crippen LogP contribution is 2.60. The molecule has 1 aromatic rings. The van der Waals surface area contributed by atoms with Crippen molar-refractivity contribution in [3.63, 3.8) is 0 Å². The van der Waals surface area contributed by atoms with Crippen LogP contribution in [0.4, 0.5) is 0 Å². The van der Waals surface area contributed by atoms with E-state index in [4.69, 9.17) is 4.74 Å². The molecule has 4 heteroatoms. The van der Waals surface area contributed by atoms with E-state index >= 15 is 0 Å². The molecule has 3 saturated carbocycles. The molecule has 3 aliphatic carbocycles. The fourth-order valence-electron chi connectivity index (χ4n) is 6.71. The molecule has 4 fully saturated rings. The molecule has 5 rings (SSSR count). The second-order valence-corrected chi connectivity index (χ2v) is 8.77. The Bertz CT molecular complexity index is 752. The smallest absolute Gasteiger partial charge is 0.237 e. The van der Waals surface area contributed by atoms with Crippen molar-refractivity contribution in [2.45, 2.75) is 51.2 Å². The van der Waals surface area contributed by atoms with E-state index < -0.39 is 5.92 Å². The van der Waals surface area contributed by atoms with E-state index in [1.165, 1.54) is 24.8 Å². The molecule has 8 unspecified atom stereocenters. The highest BCUT2D eigenvalue weighted by atomic mass is 16.5. The molecule has 8 atom stereocenters. The Kier molecular flexibility index (Phi) is 3.74. The SMILES string of the molecule is Cc1ccc(OC2CCC3C4NC(=O)C(C#N)C4C4CCCC2C34)cc1. The summed E-state index contributed by atoms with van der Waals surface area (Å²) in [6.07, 6.45) is 6.03. The summed E-state index contributed by atoms with van der Waals surface area (Å²) < 4.78 is 6.45. The molecular weight excluding hydrogens is 324 g/mol. The summed E-state index contributed by atoms with van der Waals surface area (Å²) in [6, 6.07) is 10.9. The molecule has 1 aliphatic heterocycles. The fourth-order valence-corrected chi connectivity index (χ4v) is 6.71. The summed E-state index contributed by atoms with van der Waals surface area (Å²) in [5, 5.41) is 12.7. The van der Waals surface area contributed by atoms with Crippen molar-refractivity contribution < 1.29 is 9.53 Å². The molecular formula is C22H26N2O2. The molecule has 1 N–H and O–H groups in total. The van der Waals surface area contributed by atoms with E-state index in [-0.39, 0.29) is 24.0 Å². The van der Waals surface area contributed by atoms with Gasteiger partial charge in [0.2, 0.25) is 5.91 Å². The van der Waals surface area contributed by atoms with Gasteiger partial charge >= 0.3 is 0 Å². The summed E-state index contributed by atoms with van der Waals surface area (Å²) in [7, 11) is 0. The van der Waals surface area contributed by atoms with Gasteiger partial charge in [0, 0.05) is 12.0 Å². The third kappa shape index (κ3) is 2.29. The number of nitrogens with zero attached hydrogens (tertiary/aromatic N) is 1. The zero-order chi connectivity index (χ0) is 17.8. The second-order valence-electron chi connectivity index (χ2n) is 8.77. The first-order valence-electron chi connectivity index (χ1n) is 10.1. The minimum Gasteiger partial charge on any atom is -0.490 e. The summed E-state index contributed by atoms with van der Waals surface area (Å²) in [4.78, 5) is 12.2. The molecule has 1 saturated heterocycles. The van der Waals surface area contributed by atoms with Crippen LogP contribution in [0.15, 0.2) is 24.3 Å². The van der Waals surface area contributed by atoms with Crippen LogP contribution in [0.1, 0.15) is 37.7 Å². The molecule has 1 aromatic carbocycles. The summed E-state index contributed by atoms with van der Waals surface area (Å²) in [5.74, 6) is 2.96. The monoisotopic (exact) mass is 350 g/mol. The molecule has 4 aliphatic rings. The van der Waals surface area contributed by atoms with Gasteiger partial charge in [-0.25, -0.2) is 0 Å². The van der Waals surface area contributed by atoms with Crippen molar-refractivity contribution in [3.8, 4) is 11.8 Å². The lowest BCUT2D eigenvalue weighted by Gasteiger charge is -2.46. The lowest BCUT2D eigenvalue weighted by atomic mass is 9.62. The zero-order valence-corrected chi connectivity index (χ0v) is 15.2. The van der Waals surface area contributed by atoms with Gasteiger partial charge in [0.15, 0.2) is 0 Å². The van der Waals surface area contributed by atoms with E-state index in [2.05, 4.69) is 42.6 Å². The Morgan fingerprint density at radius 1 is 1.04 bits per heavy atom. The first kappa shape index (κ1) is 16.2. The van der Waals surface area contributed by atoms with E-state index in [9.17, 15) is 10.1 Å². The largest absolute Gasteiger partial charge is 0.490 e. The Morgan fingerprint density at radius 3 is 2.58 bits per heavy atom. The molecule has 1 amide bonds. The van der Waals surface area contributed by atoms with Crippen LogP contribution in [0.3, 0.4) is 0 Å². The van der Waals surface area contributed by atoms with Gasteiger partial charge in [-0.15, -0.1) is 0 Å². The van der Waals surface area contributed by atoms with Gasteiger partial charge in [-0.05, 0) is 68.4 Å².